The molecule has 2 aliphatic rings. The van der Waals surface area contributed by atoms with Crippen molar-refractivity contribution >= 4 is 28.5 Å². The average molecular weight is 492 g/mol. The summed E-state index contributed by atoms with van der Waals surface area (Å²) in [5.74, 6) is 2.00. The van der Waals surface area contributed by atoms with E-state index in [0.29, 0.717) is 11.7 Å². The van der Waals surface area contributed by atoms with Gasteiger partial charge in [-0.05, 0) is 60.4 Å². The quantitative estimate of drug-likeness (QED) is 0.246. The SMILES string of the molecule is CC1(C)CNCCC1Nc1nc(/C(=C/C=N)c2c[nH]c(-c3ccccc3)c2)nc2cncc(C3CC3)c12. The van der Waals surface area contributed by atoms with Gasteiger partial charge in [-0.25, -0.2) is 9.97 Å². The van der Waals surface area contributed by atoms with Crippen molar-refractivity contribution in [3.63, 3.8) is 0 Å². The fourth-order valence-electron chi connectivity index (χ4n) is 5.36. The number of aromatic nitrogens is 4. The minimum atomic E-state index is 0.0846. The molecule has 2 fully saturated rings. The van der Waals surface area contributed by atoms with Crippen LogP contribution in [0.3, 0.4) is 0 Å². The highest BCUT2D eigenvalue weighted by Gasteiger charge is 2.34. The summed E-state index contributed by atoms with van der Waals surface area (Å²) in [6.45, 7) is 6.55. The molecule has 1 atom stereocenters. The Kier molecular flexibility index (Phi) is 6.08. The highest BCUT2D eigenvalue weighted by atomic mass is 15.1. The van der Waals surface area contributed by atoms with E-state index in [-0.39, 0.29) is 11.5 Å². The zero-order valence-electron chi connectivity index (χ0n) is 21.4. The summed E-state index contributed by atoms with van der Waals surface area (Å²) in [5, 5.41) is 16.3. The second-order valence-electron chi connectivity index (χ2n) is 10.9. The Morgan fingerprint density at radius 3 is 2.70 bits per heavy atom. The molecule has 1 aromatic carbocycles. The number of pyridine rings is 1. The molecule has 0 spiro atoms. The monoisotopic (exact) mass is 491 g/mol. The van der Waals surface area contributed by atoms with Crippen LogP contribution in [0.4, 0.5) is 5.82 Å². The number of rotatable bonds is 7. The molecule has 7 nitrogen and oxygen atoms in total. The van der Waals surface area contributed by atoms with E-state index < -0.39 is 0 Å². The van der Waals surface area contributed by atoms with Gasteiger partial charge in [0, 0.05) is 53.4 Å². The molecule has 37 heavy (non-hydrogen) atoms. The highest BCUT2D eigenvalue weighted by molar-refractivity contribution is 5.96. The lowest BCUT2D eigenvalue weighted by Gasteiger charge is -2.40. The fourth-order valence-corrected chi connectivity index (χ4v) is 5.36. The Hall–Kier alpha value is -3.84. The molecular formula is C30H33N7. The van der Waals surface area contributed by atoms with E-state index in [1.54, 1.807) is 6.08 Å². The first-order valence-electron chi connectivity index (χ1n) is 13.1. The van der Waals surface area contributed by atoms with Gasteiger partial charge in [0.2, 0.25) is 0 Å². The van der Waals surface area contributed by atoms with Crippen LogP contribution in [0.15, 0.2) is 61.1 Å². The van der Waals surface area contributed by atoms with Crippen molar-refractivity contribution in [2.75, 3.05) is 18.4 Å². The number of nitrogens with zero attached hydrogens (tertiary/aromatic N) is 3. The van der Waals surface area contributed by atoms with Crippen LogP contribution in [0.2, 0.25) is 0 Å². The molecular weight excluding hydrogens is 458 g/mol. The maximum absolute atomic E-state index is 7.87. The van der Waals surface area contributed by atoms with Crippen molar-refractivity contribution in [1.29, 1.82) is 5.41 Å². The van der Waals surface area contributed by atoms with Crippen molar-refractivity contribution < 1.29 is 0 Å². The molecule has 1 unspecified atom stereocenters. The number of allylic oxidation sites excluding steroid dienone is 1. The molecule has 1 aliphatic heterocycles. The molecule has 0 bridgehead atoms. The van der Waals surface area contributed by atoms with E-state index in [4.69, 9.17) is 15.4 Å². The Labute approximate surface area is 217 Å². The van der Waals surface area contributed by atoms with Gasteiger partial charge in [0.25, 0.3) is 0 Å². The lowest BCUT2D eigenvalue weighted by atomic mass is 9.80. The molecule has 3 aromatic heterocycles. The van der Waals surface area contributed by atoms with Crippen LogP contribution in [0.5, 0.6) is 0 Å². The maximum atomic E-state index is 7.87. The minimum Gasteiger partial charge on any atom is -0.366 e. The summed E-state index contributed by atoms with van der Waals surface area (Å²) >= 11 is 0. The third-order valence-electron chi connectivity index (χ3n) is 7.67. The summed E-state index contributed by atoms with van der Waals surface area (Å²) in [7, 11) is 0. The Morgan fingerprint density at radius 1 is 1.11 bits per heavy atom. The second-order valence-corrected chi connectivity index (χ2v) is 10.9. The van der Waals surface area contributed by atoms with Gasteiger partial charge in [0.15, 0.2) is 5.82 Å². The van der Waals surface area contributed by atoms with E-state index in [2.05, 4.69) is 52.6 Å². The van der Waals surface area contributed by atoms with Gasteiger partial charge in [-0.2, -0.15) is 0 Å². The second kappa shape index (κ2) is 9.56. The highest BCUT2D eigenvalue weighted by Crippen LogP contribution is 2.44. The zero-order chi connectivity index (χ0) is 25.4. The smallest absolute Gasteiger partial charge is 0.162 e. The summed E-state index contributed by atoms with van der Waals surface area (Å²) in [6.07, 6.45) is 12.3. The molecule has 6 rings (SSSR count). The Balaban J connectivity index is 1.47. The standard InChI is InChI=1S/C30H33N7/c1-30(2)18-32-13-11-26(30)36-29-27-23(19-8-9-19)16-33-17-25(27)35-28(37-29)22(10-12-31)21-14-24(34-15-21)20-6-4-3-5-7-20/h3-7,10,12,14-17,19,26,31-32,34H,8-9,11,13,18H2,1-2H3,(H,35,36,37)/b22-10+,31-12?. The van der Waals surface area contributed by atoms with Crippen molar-refractivity contribution in [3.8, 4) is 11.3 Å². The Morgan fingerprint density at radius 2 is 1.95 bits per heavy atom. The molecule has 188 valence electrons. The largest absolute Gasteiger partial charge is 0.366 e. The molecule has 4 N–H and O–H groups in total. The maximum Gasteiger partial charge on any atom is 0.162 e. The number of aromatic amines is 1. The number of piperidine rings is 1. The fraction of sp³-hybridized carbons (Fsp3) is 0.333. The molecule has 1 saturated heterocycles. The molecule has 0 amide bonds. The summed E-state index contributed by atoms with van der Waals surface area (Å²) in [4.78, 5) is 18.1. The van der Waals surface area contributed by atoms with Gasteiger partial charge in [-0.3, -0.25) is 4.98 Å². The van der Waals surface area contributed by atoms with E-state index in [1.807, 2.05) is 36.8 Å². The van der Waals surface area contributed by atoms with Crippen LogP contribution in [0.1, 0.15) is 56.0 Å². The van der Waals surface area contributed by atoms with Crippen molar-refractivity contribution in [2.45, 2.75) is 45.1 Å². The normalized spacial score (nSPS) is 19.6. The number of H-pyrrole nitrogens is 1. The van der Waals surface area contributed by atoms with Crippen molar-refractivity contribution in [3.05, 3.63) is 78.0 Å². The molecule has 4 heterocycles. The van der Waals surface area contributed by atoms with Gasteiger partial charge in [-0.15, -0.1) is 0 Å². The first-order chi connectivity index (χ1) is 18.0. The Bertz CT molecular complexity index is 1460. The number of fused-ring (bicyclic) bond motifs is 1. The van der Waals surface area contributed by atoms with Gasteiger partial charge >= 0.3 is 0 Å². The minimum absolute atomic E-state index is 0.0846. The number of hydrogen-bond donors (Lipinski definition) is 4. The van der Waals surface area contributed by atoms with Gasteiger partial charge in [0.1, 0.15) is 5.82 Å². The lowest BCUT2D eigenvalue weighted by molar-refractivity contribution is 0.236. The number of benzene rings is 1. The predicted octanol–water partition coefficient (Wildman–Crippen LogP) is 5.78. The predicted molar refractivity (Wildman–Crippen MR) is 150 cm³/mol. The number of nitrogens with one attached hydrogen (secondary N) is 4. The molecule has 1 aliphatic carbocycles. The van der Waals surface area contributed by atoms with Gasteiger partial charge in [-0.1, -0.05) is 44.2 Å². The summed E-state index contributed by atoms with van der Waals surface area (Å²) < 4.78 is 0. The van der Waals surface area contributed by atoms with Crippen LogP contribution in [-0.2, 0) is 0 Å². The lowest BCUT2D eigenvalue weighted by Crippen LogP contribution is -2.49. The molecule has 7 heteroatoms. The average Bonchev–Trinajstić information content (AvgIpc) is 3.64. The third-order valence-corrected chi connectivity index (χ3v) is 7.67. The van der Waals surface area contributed by atoms with Gasteiger partial charge in [0.05, 0.1) is 11.7 Å². The van der Waals surface area contributed by atoms with E-state index >= 15 is 0 Å². The first-order valence-corrected chi connectivity index (χ1v) is 13.1. The molecule has 4 aromatic rings. The van der Waals surface area contributed by atoms with Crippen molar-refractivity contribution in [1.82, 2.24) is 25.3 Å². The first kappa shape index (κ1) is 23.6. The molecule has 0 radical (unpaired) electrons. The summed E-state index contributed by atoms with van der Waals surface area (Å²) in [5.41, 5.74) is 6.04. The van der Waals surface area contributed by atoms with Crippen molar-refractivity contribution in [2.24, 2.45) is 5.41 Å². The van der Waals surface area contributed by atoms with Crippen LogP contribution >= 0.6 is 0 Å². The van der Waals surface area contributed by atoms with E-state index in [0.717, 1.165) is 58.6 Å². The van der Waals surface area contributed by atoms with E-state index in [9.17, 15) is 0 Å². The van der Waals surface area contributed by atoms with Crippen LogP contribution in [-0.4, -0.2) is 45.3 Å². The zero-order valence-corrected chi connectivity index (χ0v) is 21.4. The number of anilines is 1. The topological polar surface area (TPSA) is 102 Å². The van der Waals surface area contributed by atoms with Gasteiger partial charge < -0.3 is 21.0 Å². The van der Waals surface area contributed by atoms with Crippen LogP contribution in [0.25, 0.3) is 27.7 Å². The van der Waals surface area contributed by atoms with Crippen LogP contribution < -0.4 is 10.6 Å². The third kappa shape index (κ3) is 4.67. The van der Waals surface area contributed by atoms with E-state index in [1.165, 1.54) is 24.6 Å². The summed E-state index contributed by atoms with van der Waals surface area (Å²) in [6, 6.07) is 12.6. The number of hydrogen-bond acceptors (Lipinski definition) is 6. The van der Waals surface area contributed by atoms with Crippen LogP contribution in [0, 0.1) is 10.8 Å². The molecule has 1 saturated carbocycles.